The van der Waals surface area contributed by atoms with E-state index in [1.807, 2.05) is 0 Å². The van der Waals surface area contributed by atoms with E-state index < -0.39 is 40.7 Å². The van der Waals surface area contributed by atoms with E-state index in [2.05, 4.69) is 4.98 Å². The fourth-order valence-electron chi connectivity index (χ4n) is 1.10. The summed E-state index contributed by atoms with van der Waals surface area (Å²) in [7, 11) is 0. The minimum absolute atomic E-state index is 0.0794. The predicted octanol–water partition coefficient (Wildman–Crippen LogP) is 3.69. The minimum atomic E-state index is -5.07. The summed E-state index contributed by atoms with van der Waals surface area (Å²) < 4.78 is 75.4. The lowest BCUT2D eigenvalue weighted by atomic mass is 10.1. The van der Waals surface area contributed by atoms with Gasteiger partial charge in [-0.1, -0.05) is 11.6 Å². The highest BCUT2D eigenvalue weighted by Gasteiger charge is 2.40. The van der Waals surface area contributed by atoms with Gasteiger partial charge in [0.15, 0.2) is 6.67 Å². The Morgan fingerprint density at radius 2 is 1.83 bits per heavy atom. The topological polar surface area (TPSA) is 36.7 Å². The van der Waals surface area contributed by atoms with Crippen molar-refractivity contribution in [2.45, 2.75) is 12.1 Å². The normalized spacial score (nSPS) is 12.3. The zero-order chi connectivity index (χ0) is 14.1. The van der Waals surface area contributed by atoms with Crippen LogP contribution in [0.3, 0.4) is 0 Å². The molecular formula is C9H3ClF6N2. The van der Waals surface area contributed by atoms with Gasteiger partial charge in [-0.15, -0.1) is 0 Å². The van der Waals surface area contributed by atoms with Crippen LogP contribution in [0, 0.1) is 11.3 Å². The number of aromatic nitrogens is 1. The lowest BCUT2D eigenvalue weighted by Gasteiger charge is -2.15. The molecule has 0 atom stereocenters. The Morgan fingerprint density at radius 1 is 1.28 bits per heavy atom. The molecule has 0 N–H and O–H groups in total. The molecule has 0 bridgehead atoms. The summed E-state index contributed by atoms with van der Waals surface area (Å²) in [5, 5.41) is 7.43. The molecule has 0 aliphatic carbocycles. The zero-order valence-corrected chi connectivity index (χ0v) is 9.08. The van der Waals surface area contributed by atoms with Crippen LogP contribution in [0.25, 0.3) is 0 Å². The Kier molecular flexibility index (Phi) is 3.76. The van der Waals surface area contributed by atoms with Crippen molar-refractivity contribution in [1.82, 2.24) is 4.98 Å². The Balaban J connectivity index is 3.56. The molecule has 0 aliphatic heterocycles. The van der Waals surface area contributed by atoms with Crippen LogP contribution < -0.4 is 0 Å². The number of halogens is 7. The zero-order valence-electron chi connectivity index (χ0n) is 8.32. The van der Waals surface area contributed by atoms with E-state index >= 15 is 0 Å². The minimum Gasteiger partial charge on any atom is -0.244 e. The van der Waals surface area contributed by atoms with Gasteiger partial charge in [-0.25, -0.2) is 9.37 Å². The second-order valence-electron chi connectivity index (χ2n) is 3.17. The van der Waals surface area contributed by atoms with Gasteiger partial charge in [-0.3, -0.25) is 0 Å². The van der Waals surface area contributed by atoms with Crippen molar-refractivity contribution in [2.24, 2.45) is 0 Å². The molecule has 98 valence electrons. The molecule has 0 amide bonds. The summed E-state index contributed by atoms with van der Waals surface area (Å²) in [5.74, 6) is -4.20. The smallest absolute Gasteiger partial charge is 0.244 e. The summed E-state index contributed by atoms with van der Waals surface area (Å²) >= 11 is 5.21. The van der Waals surface area contributed by atoms with Crippen LogP contribution in [-0.4, -0.2) is 11.7 Å². The Bertz CT molecular complexity index is 505. The second-order valence-corrected chi connectivity index (χ2v) is 3.53. The fourth-order valence-corrected chi connectivity index (χ4v) is 1.33. The molecule has 1 aromatic heterocycles. The lowest BCUT2D eigenvalue weighted by Crippen LogP contribution is -2.20. The third kappa shape index (κ3) is 2.67. The summed E-state index contributed by atoms with van der Waals surface area (Å²) in [6.07, 6.45) is -5.07. The first-order valence-electron chi connectivity index (χ1n) is 4.25. The van der Waals surface area contributed by atoms with Crippen molar-refractivity contribution < 1.29 is 26.3 Å². The van der Waals surface area contributed by atoms with Crippen LogP contribution in [0.15, 0.2) is 6.07 Å². The van der Waals surface area contributed by atoms with Crippen molar-refractivity contribution in [3.63, 3.8) is 0 Å². The molecule has 0 saturated heterocycles. The van der Waals surface area contributed by atoms with Crippen molar-refractivity contribution >= 4 is 11.6 Å². The standard InChI is InChI=1S/C9H3ClF6N2/c10-7-4(2-17)5(9(14,15)16)1-6(18-7)8(12,13)3-11/h1H,3H2. The maximum absolute atomic E-state index is 12.9. The van der Waals surface area contributed by atoms with Gasteiger partial charge in [0.25, 0.3) is 0 Å². The Hall–Kier alpha value is -1.49. The van der Waals surface area contributed by atoms with Crippen molar-refractivity contribution in [1.29, 1.82) is 5.26 Å². The number of nitriles is 1. The highest BCUT2D eigenvalue weighted by Crippen LogP contribution is 2.37. The summed E-state index contributed by atoms with van der Waals surface area (Å²) in [5.41, 5.74) is -4.22. The summed E-state index contributed by atoms with van der Waals surface area (Å²) in [6.45, 7) is -2.22. The van der Waals surface area contributed by atoms with E-state index in [9.17, 15) is 26.3 Å². The van der Waals surface area contributed by atoms with Crippen LogP contribution in [0.1, 0.15) is 16.8 Å². The van der Waals surface area contributed by atoms with Crippen LogP contribution in [0.5, 0.6) is 0 Å². The number of rotatable bonds is 2. The highest BCUT2D eigenvalue weighted by atomic mass is 35.5. The predicted molar refractivity (Wildman–Crippen MR) is 48.8 cm³/mol. The van der Waals surface area contributed by atoms with E-state index in [-0.39, 0.29) is 6.07 Å². The Morgan fingerprint density at radius 3 is 2.22 bits per heavy atom. The maximum Gasteiger partial charge on any atom is 0.417 e. The van der Waals surface area contributed by atoms with E-state index in [1.165, 1.54) is 0 Å². The van der Waals surface area contributed by atoms with Crippen LogP contribution >= 0.6 is 11.6 Å². The Labute approximate surface area is 102 Å². The fraction of sp³-hybridized carbons (Fsp3) is 0.333. The molecule has 0 spiro atoms. The first-order chi connectivity index (χ1) is 8.13. The molecule has 18 heavy (non-hydrogen) atoms. The summed E-state index contributed by atoms with van der Waals surface area (Å²) in [4.78, 5) is 2.91. The molecule has 9 heteroatoms. The molecule has 0 radical (unpaired) electrons. The molecule has 1 aromatic rings. The van der Waals surface area contributed by atoms with E-state index in [1.54, 1.807) is 0 Å². The molecule has 1 rings (SSSR count). The highest BCUT2D eigenvalue weighted by molar-refractivity contribution is 6.30. The molecule has 2 nitrogen and oxygen atoms in total. The molecule has 0 unspecified atom stereocenters. The van der Waals surface area contributed by atoms with Gasteiger partial charge < -0.3 is 0 Å². The number of nitrogens with zero attached hydrogens (tertiary/aromatic N) is 2. The van der Waals surface area contributed by atoms with Gasteiger partial charge in [0.2, 0.25) is 0 Å². The first-order valence-corrected chi connectivity index (χ1v) is 4.63. The van der Waals surface area contributed by atoms with Gasteiger partial charge >= 0.3 is 12.1 Å². The van der Waals surface area contributed by atoms with Crippen molar-refractivity contribution in [2.75, 3.05) is 6.67 Å². The maximum atomic E-state index is 12.9. The molecule has 0 fully saturated rings. The molecule has 0 aliphatic rings. The summed E-state index contributed by atoms with van der Waals surface area (Å²) in [6, 6.07) is 1.03. The molecule has 0 saturated carbocycles. The number of hydrogen-bond donors (Lipinski definition) is 0. The van der Waals surface area contributed by atoms with E-state index in [0.29, 0.717) is 0 Å². The van der Waals surface area contributed by atoms with Crippen molar-refractivity contribution in [3.8, 4) is 6.07 Å². The van der Waals surface area contributed by atoms with E-state index in [0.717, 1.165) is 6.07 Å². The average molecular weight is 289 g/mol. The monoisotopic (exact) mass is 288 g/mol. The van der Waals surface area contributed by atoms with Crippen LogP contribution in [-0.2, 0) is 12.1 Å². The van der Waals surface area contributed by atoms with Gasteiger partial charge in [0.05, 0.1) is 5.56 Å². The van der Waals surface area contributed by atoms with Gasteiger partial charge in [-0.2, -0.15) is 27.2 Å². The molecular weight excluding hydrogens is 286 g/mol. The number of pyridine rings is 1. The van der Waals surface area contributed by atoms with E-state index in [4.69, 9.17) is 16.9 Å². The SMILES string of the molecule is N#Cc1c(C(F)(F)F)cc(C(F)(F)CF)nc1Cl. The van der Waals surface area contributed by atoms with Gasteiger partial charge in [0, 0.05) is 0 Å². The third-order valence-corrected chi connectivity index (χ3v) is 2.21. The quantitative estimate of drug-likeness (QED) is 0.615. The average Bonchev–Trinajstić information content (AvgIpc) is 2.26. The van der Waals surface area contributed by atoms with Gasteiger partial charge in [0.1, 0.15) is 22.5 Å². The van der Waals surface area contributed by atoms with Gasteiger partial charge in [-0.05, 0) is 6.07 Å². The van der Waals surface area contributed by atoms with Crippen LogP contribution in [0.2, 0.25) is 5.15 Å². The third-order valence-electron chi connectivity index (χ3n) is 1.94. The number of hydrogen-bond acceptors (Lipinski definition) is 2. The second kappa shape index (κ2) is 4.65. The largest absolute Gasteiger partial charge is 0.417 e. The molecule has 0 aromatic carbocycles. The van der Waals surface area contributed by atoms with Crippen LogP contribution in [0.4, 0.5) is 26.3 Å². The lowest BCUT2D eigenvalue weighted by molar-refractivity contribution is -0.138. The van der Waals surface area contributed by atoms with Crippen molar-refractivity contribution in [3.05, 3.63) is 28.0 Å². The number of alkyl halides is 6. The first kappa shape index (κ1) is 14.6. The molecule has 1 heterocycles.